The fraction of sp³-hybridized carbons (Fsp3) is 0.524. The average molecular weight is 449 g/mol. The van der Waals surface area contributed by atoms with Gasteiger partial charge in [0.2, 0.25) is 5.88 Å². The number of aromatic nitrogens is 2. The molecule has 1 aromatic carbocycles. The van der Waals surface area contributed by atoms with Gasteiger partial charge in [0.15, 0.2) is 9.84 Å². The predicted molar refractivity (Wildman–Crippen MR) is 112 cm³/mol. The third kappa shape index (κ3) is 4.24. The van der Waals surface area contributed by atoms with Crippen molar-refractivity contribution in [2.45, 2.75) is 60.9 Å². The number of halogens is 1. The van der Waals surface area contributed by atoms with Crippen LogP contribution >= 0.6 is 0 Å². The molecule has 2 aromatic rings. The van der Waals surface area contributed by atoms with E-state index in [0.29, 0.717) is 43.3 Å². The Hall–Kier alpha value is -2.30. The van der Waals surface area contributed by atoms with E-state index >= 15 is 0 Å². The Balaban J connectivity index is 1.32. The molecule has 5 rings (SSSR count). The zero-order valence-electron chi connectivity index (χ0n) is 17.2. The zero-order valence-corrected chi connectivity index (χ0v) is 18.0. The number of nitrogens with zero attached hydrogens (tertiary/aromatic N) is 2. The number of benzene rings is 1. The summed E-state index contributed by atoms with van der Waals surface area (Å²) in [4.78, 5) is 8.50. The summed E-state index contributed by atoms with van der Waals surface area (Å²) in [5, 5.41) is 6.09. The highest BCUT2D eigenvalue weighted by atomic mass is 32.2. The molecule has 2 saturated heterocycles. The molecule has 166 valence electrons. The molecule has 3 heterocycles. The van der Waals surface area contributed by atoms with E-state index < -0.39 is 15.7 Å². The summed E-state index contributed by atoms with van der Waals surface area (Å²) in [6.07, 6.45) is 4.32. The highest BCUT2D eigenvalue weighted by Gasteiger charge is 2.37. The van der Waals surface area contributed by atoms with Gasteiger partial charge in [-0.25, -0.2) is 22.8 Å². The third-order valence-corrected chi connectivity index (χ3v) is 8.27. The van der Waals surface area contributed by atoms with E-state index in [1.54, 1.807) is 0 Å². The van der Waals surface area contributed by atoms with Crippen LogP contribution in [0.25, 0.3) is 0 Å². The molecule has 8 nitrogen and oxygen atoms in total. The minimum Gasteiger partial charge on any atom is -0.474 e. The van der Waals surface area contributed by atoms with E-state index in [1.165, 1.54) is 18.5 Å². The molecule has 0 radical (unpaired) electrons. The lowest BCUT2D eigenvalue weighted by Crippen LogP contribution is -2.56. The summed E-state index contributed by atoms with van der Waals surface area (Å²) in [6, 6.07) is 4.48. The molecule has 10 heteroatoms. The monoisotopic (exact) mass is 448 g/mol. The van der Waals surface area contributed by atoms with Crippen LogP contribution in [0.5, 0.6) is 5.88 Å². The third-order valence-electron chi connectivity index (χ3n) is 6.01. The van der Waals surface area contributed by atoms with Crippen LogP contribution in [0, 0.1) is 12.7 Å². The van der Waals surface area contributed by atoms with Gasteiger partial charge < -0.3 is 20.1 Å². The minimum atomic E-state index is -3.44. The number of hydrogen-bond acceptors (Lipinski definition) is 8. The number of rotatable bonds is 6. The first-order chi connectivity index (χ1) is 14.9. The van der Waals surface area contributed by atoms with Crippen molar-refractivity contribution >= 4 is 21.3 Å². The Labute approximate surface area is 180 Å². The summed E-state index contributed by atoms with van der Waals surface area (Å²) in [7, 11) is -3.44. The Morgan fingerprint density at radius 2 is 1.94 bits per heavy atom. The predicted octanol–water partition coefficient (Wildman–Crippen LogP) is 2.50. The molecule has 1 aromatic heterocycles. The number of piperidine rings is 1. The van der Waals surface area contributed by atoms with Gasteiger partial charge in [0.25, 0.3) is 0 Å². The highest BCUT2D eigenvalue weighted by Crippen LogP contribution is 2.35. The summed E-state index contributed by atoms with van der Waals surface area (Å²) in [6.45, 7) is 3.17. The summed E-state index contributed by atoms with van der Waals surface area (Å²) >= 11 is 0. The second kappa shape index (κ2) is 7.99. The van der Waals surface area contributed by atoms with Gasteiger partial charge in [-0.05, 0) is 38.0 Å². The van der Waals surface area contributed by atoms with Crippen molar-refractivity contribution in [3.63, 3.8) is 0 Å². The largest absolute Gasteiger partial charge is 0.474 e. The Bertz CT molecular complexity index is 1080. The first-order valence-corrected chi connectivity index (χ1v) is 12.1. The molecule has 2 aliphatic heterocycles. The van der Waals surface area contributed by atoms with Gasteiger partial charge in [-0.15, -0.1) is 0 Å². The average Bonchev–Trinajstić information content (AvgIpc) is 3.58. The van der Waals surface area contributed by atoms with E-state index in [0.717, 1.165) is 18.9 Å². The normalized spacial score (nSPS) is 25.8. The van der Waals surface area contributed by atoms with Crippen molar-refractivity contribution < 1.29 is 22.3 Å². The van der Waals surface area contributed by atoms with Crippen LogP contribution in [0.2, 0.25) is 0 Å². The smallest absolute Gasteiger partial charge is 0.221 e. The van der Waals surface area contributed by atoms with Gasteiger partial charge in [-0.1, -0.05) is 0 Å². The SMILES string of the molecule is Cc1c(Nc2ccc(S(=O)(=O)C3CC3)cc2F)ncnc1O[C@@H]1CC2COC[C@@H](C1)N2. The van der Waals surface area contributed by atoms with Crippen LogP contribution < -0.4 is 15.4 Å². The summed E-state index contributed by atoms with van der Waals surface area (Å²) < 4.78 is 51.1. The van der Waals surface area contributed by atoms with Gasteiger partial charge in [0.1, 0.15) is 24.1 Å². The lowest BCUT2D eigenvalue weighted by atomic mass is 9.95. The van der Waals surface area contributed by atoms with Gasteiger partial charge in [0.05, 0.1) is 34.6 Å². The first kappa shape index (κ1) is 20.6. The van der Waals surface area contributed by atoms with Crippen molar-refractivity contribution in [2.75, 3.05) is 18.5 Å². The Morgan fingerprint density at radius 3 is 2.61 bits per heavy atom. The minimum absolute atomic E-state index is 0.0157. The maximum Gasteiger partial charge on any atom is 0.221 e. The number of morpholine rings is 1. The van der Waals surface area contributed by atoms with Crippen molar-refractivity contribution in [3.05, 3.63) is 35.9 Å². The first-order valence-electron chi connectivity index (χ1n) is 10.5. The molecule has 3 aliphatic rings. The fourth-order valence-electron chi connectivity index (χ4n) is 4.19. The van der Waals surface area contributed by atoms with Gasteiger partial charge in [-0.2, -0.15) is 0 Å². The highest BCUT2D eigenvalue weighted by molar-refractivity contribution is 7.92. The number of anilines is 2. The number of fused-ring (bicyclic) bond motifs is 2. The van der Waals surface area contributed by atoms with E-state index in [-0.39, 0.29) is 34.0 Å². The molecule has 1 aliphatic carbocycles. The number of nitrogens with one attached hydrogen (secondary N) is 2. The van der Waals surface area contributed by atoms with Crippen molar-refractivity contribution in [2.24, 2.45) is 0 Å². The maximum atomic E-state index is 14.7. The van der Waals surface area contributed by atoms with Crippen LogP contribution in [-0.2, 0) is 14.6 Å². The Morgan fingerprint density at radius 1 is 1.19 bits per heavy atom. The van der Waals surface area contributed by atoms with Crippen LogP contribution in [0.15, 0.2) is 29.4 Å². The topological polar surface area (TPSA) is 102 Å². The fourth-order valence-corrected chi connectivity index (χ4v) is 5.86. The van der Waals surface area contributed by atoms with Gasteiger partial charge in [-0.3, -0.25) is 0 Å². The summed E-state index contributed by atoms with van der Waals surface area (Å²) in [5.74, 6) is 0.226. The quantitative estimate of drug-likeness (QED) is 0.695. The Kier molecular flexibility index (Phi) is 5.31. The summed E-state index contributed by atoms with van der Waals surface area (Å²) in [5.41, 5.74) is 0.813. The molecular formula is C21H25FN4O4S. The molecule has 2 bridgehead atoms. The van der Waals surface area contributed by atoms with E-state index in [2.05, 4.69) is 20.6 Å². The number of ether oxygens (including phenoxy) is 2. The molecule has 0 amide bonds. The van der Waals surface area contributed by atoms with Crippen molar-refractivity contribution in [3.8, 4) is 5.88 Å². The molecule has 1 saturated carbocycles. The molecule has 2 N–H and O–H groups in total. The second-order valence-corrected chi connectivity index (χ2v) is 10.7. The molecule has 0 spiro atoms. The second-order valence-electron chi connectivity index (χ2n) is 8.47. The van der Waals surface area contributed by atoms with Crippen molar-refractivity contribution in [1.82, 2.24) is 15.3 Å². The van der Waals surface area contributed by atoms with E-state index in [9.17, 15) is 12.8 Å². The van der Waals surface area contributed by atoms with E-state index in [4.69, 9.17) is 9.47 Å². The number of sulfone groups is 1. The molecule has 3 fully saturated rings. The molecular weight excluding hydrogens is 423 g/mol. The lowest BCUT2D eigenvalue weighted by Gasteiger charge is -2.39. The maximum absolute atomic E-state index is 14.7. The molecule has 1 unspecified atom stereocenters. The lowest BCUT2D eigenvalue weighted by molar-refractivity contribution is -0.0134. The standard InChI is InChI=1S/C21H25FN4O4S/c1-12-20(26-19-5-4-17(8-18(19)22)31(27,28)16-2-3-16)23-11-24-21(12)30-15-6-13-9-29-10-14(7-15)25-13/h4-5,8,11,13-16,25H,2-3,6-7,9-10H2,1H3,(H,23,24,26)/t13-,14?,15+/m1/s1. The zero-order chi connectivity index (χ0) is 21.6. The van der Waals surface area contributed by atoms with Crippen LogP contribution in [0.4, 0.5) is 15.9 Å². The molecule has 31 heavy (non-hydrogen) atoms. The number of hydrogen-bond donors (Lipinski definition) is 2. The van der Waals surface area contributed by atoms with Gasteiger partial charge >= 0.3 is 0 Å². The van der Waals surface area contributed by atoms with Crippen molar-refractivity contribution in [1.29, 1.82) is 0 Å². The van der Waals surface area contributed by atoms with Crippen LogP contribution in [0.1, 0.15) is 31.2 Å². The van der Waals surface area contributed by atoms with Gasteiger partial charge in [0, 0.05) is 24.9 Å². The van der Waals surface area contributed by atoms with Crippen LogP contribution in [0.3, 0.4) is 0 Å². The molecule has 3 atom stereocenters. The van der Waals surface area contributed by atoms with E-state index in [1.807, 2.05) is 6.92 Å². The van der Waals surface area contributed by atoms with Crippen LogP contribution in [-0.4, -0.2) is 55.0 Å².